The molecule has 0 aliphatic heterocycles. The minimum atomic E-state index is -1.03. The van der Waals surface area contributed by atoms with Crippen LogP contribution in [0, 0.1) is 6.92 Å². The summed E-state index contributed by atoms with van der Waals surface area (Å²) in [4.78, 5) is 15.4. The van der Waals surface area contributed by atoms with Crippen LogP contribution in [0.4, 0.5) is 0 Å². The van der Waals surface area contributed by atoms with Crippen molar-refractivity contribution in [3.63, 3.8) is 0 Å². The summed E-state index contributed by atoms with van der Waals surface area (Å²) in [7, 11) is 0. The third-order valence-corrected chi connectivity index (χ3v) is 3.61. The maximum atomic E-state index is 10.8. The Morgan fingerprint density at radius 2 is 2.21 bits per heavy atom. The number of furan rings is 1. The van der Waals surface area contributed by atoms with Crippen molar-refractivity contribution in [3.05, 3.63) is 40.9 Å². The van der Waals surface area contributed by atoms with E-state index >= 15 is 0 Å². The first-order valence-corrected chi connectivity index (χ1v) is 6.52. The molecule has 2 aromatic rings. The van der Waals surface area contributed by atoms with Crippen LogP contribution < -0.4 is 0 Å². The van der Waals surface area contributed by atoms with E-state index in [2.05, 4.69) is 9.55 Å². The Kier molecular flexibility index (Phi) is 2.89. The van der Waals surface area contributed by atoms with Crippen molar-refractivity contribution in [1.29, 1.82) is 0 Å². The standard InChI is InChI=1S/C14H16N2O3/c1-9-15-11-4-2-3-5-12(11)16(9)8-10-6-7-13(19-10)14(17)18/h6-7H,2-5,8H2,1H3,(H,17,18). The Labute approximate surface area is 110 Å². The van der Waals surface area contributed by atoms with Gasteiger partial charge in [-0.15, -0.1) is 0 Å². The van der Waals surface area contributed by atoms with Gasteiger partial charge in [0, 0.05) is 5.69 Å². The molecular weight excluding hydrogens is 244 g/mol. The fraction of sp³-hybridized carbons (Fsp3) is 0.429. The minimum Gasteiger partial charge on any atom is -0.475 e. The number of carbonyl (C=O) groups is 1. The number of fused-ring (bicyclic) bond motifs is 1. The highest BCUT2D eigenvalue weighted by molar-refractivity contribution is 5.84. The van der Waals surface area contributed by atoms with Gasteiger partial charge in [-0.3, -0.25) is 0 Å². The van der Waals surface area contributed by atoms with E-state index < -0.39 is 5.97 Å². The fourth-order valence-corrected chi connectivity index (χ4v) is 2.68. The SMILES string of the molecule is Cc1nc2c(n1Cc1ccc(C(=O)O)o1)CCCC2. The van der Waals surface area contributed by atoms with E-state index in [1.54, 1.807) is 6.07 Å². The number of hydrogen-bond donors (Lipinski definition) is 1. The van der Waals surface area contributed by atoms with Crippen molar-refractivity contribution < 1.29 is 14.3 Å². The molecule has 2 aromatic heterocycles. The zero-order valence-electron chi connectivity index (χ0n) is 10.8. The van der Waals surface area contributed by atoms with E-state index in [0.717, 1.165) is 18.7 Å². The number of carboxylic acids is 1. The average Bonchev–Trinajstić information content (AvgIpc) is 2.96. The topological polar surface area (TPSA) is 68.3 Å². The predicted octanol–water partition coefficient (Wildman–Crippen LogP) is 2.41. The molecule has 1 aliphatic carbocycles. The number of rotatable bonds is 3. The number of aromatic nitrogens is 2. The van der Waals surface area contributed by atoms with Crippen LogP contribution in [0.2, 0.25) is 0 Å². The summed E-state index contributed by atoms with van der Waals surface area (Å²) in [6.45, 7) is 2.54. The molecule has 5 heteroatoms. The monoisotopic (exact) mass is 260 g/mol. The van der Waals surface area contributed by atoms with Crippen LogP contribution >= 0.6 is 0 Å². The summed E-state index contributed by atoms with van der Waals surface area (Å²) < 4.78 is 7.45. The van der Waals surface area contributed by atoms with Gasteiger partial charge >= 0.3 is 5.97 Å². The van der Waals surface area contributed by atoms with Crippen molar-refractivity contribution in [1.82, 2.24) is 9.55 Å². The lowest BCUT2D eigenvalue weighted by Gasteiger charge is -2.13. The van der Waals surface area contributed by atoms with Crippen molar-refractivity contribution in [2.45, 2.75) is 39.2 Å². The first-order chi connectivity index (χ1) is 9.15. The molecule has 5 nitrogen and oxygen atoms in total. The lowest BCUT2D eigenvalue weighted by molar-refractivity contribution is 0.0660. The molecule has 0 saturated carbocycles. The smallest absolute Gasteiger partial charge is 0.371 e. The second-order valence-corrected chi connectivity index (χ2v) is 4.92. The number of carboxylic acid groups (broad SMARTS) is 1. The Morgan fingerprint density at radius 3 is 2.95 bits per heavy atom. The van der Waals surface area contributed by atoms with Gasteiger partial charge in [-0.2, -0.15) is 0 Å². The molecule has 0 aromatic carbocycles. The van der Waals surface area contributed by atoms with E-state index in [-0.39, 0.29) is 5.76 Å². The zero-order valence-corrected chi connectivity index (χ0v) is 10.8. The highest BCUT2D eigenvalue weighted by atomic mass is 16.4. The second kappa shape index (κ2) is 4.57. The lowest BCUT2D eigenvalue weighted by Crippen LogP contribution is -2.10. The van der Waals surface area contributed by atoms with Gasteiger partial charge in [-0.1, -0.05) is 0 Å². The Bertz CT molecular complexity index is 625. The summed E-state index contributed by atoms with van der Waals surface area (Å²) >= 11 is 0. The number of nitrogens with zero attached hydrogens (tertiary/aromatic N) is 2. The predicted molar refractivity (Wildman–Crippen MR) is 68.4 cm³/mol. The minimum absolute atomic E-state index is 0.0124. The van der Waals surface area contributed by atoms with Crippen molar-refractivity contribution in [2.24, 2.45) is 0 Å². The van der Waals surface area contributed by atoms with Gasteiger partial charge in [-0.05, 0) is 44.7 Å². The summed E-state index contributed by atoms with van der Waals surface area (Å²) in [6.07, 6.45) is 4.48. The first-order valence-electron chi connectivity index (χ1n) is 6.52. The molecule has 3 rings (SSSR count). The lowest BCUT2D eigenvalue weighted by atomic mass is 10.0. The number of aromatic carboxylic acids is 1. The van der Waals surface area contributed by atoms with E-state index in [0.29, 0.717) is 12.3 Å². The Balaban J connectivity index is 1.90. The summed E-state index contributed by atoms with van der Waals surface area (Å²) in [5.41, 5.74) is 2.46. The van der Waals surface area contributed by atoms with Gasteiger partial charge in [0.05, 0.1) is 12.2 Å². The molecule has 0 radical (unpaired) electrons. The molecule has 1 aliphatic rings. The molecule has 0 bridgehead atoms. The van der Waals surface area contributed by atoms with Gasteiger partial charge in [0.2, 0.25) is 5.76 Å². The van der Waals surface area contributed by atoms with Gasteiger partial charge in [0.1, 0.15) is 11.6 Å². The van der Waals surface area contributed by atoms with Crippen molar-refractivity contribution >= 4 is 5.97 Å². The van der Waals surface area contributed by atoms with Gasteiger partial charge in [0.15, 0.2) is 0 Å². The van der Waals surface area contributed by atoms with Gasteiger partial charge < -0.3 is 14.1 Å². The quantitative estimate of drug-likeness (QED) is 0.920. The summed E-state index contributed by atoms with van der Waals surface area (Å²) in [5, 5.41) is 8.86. The zero-order chi connectivity index (χ0) is 13.4. The largest absolute Gasteiger partial charge is 0.475 e. The van der Waals surface area contributed by atoms with E-state index in [9.17, 15) is 4.79 Å². The normalized spacial score (nSPS) is 14.4. The molecule has 0 saturated heterocycles. The molecule has 0 fully saturated rings. The van der Waals surface area contributed by atoms with Crippen molar-refractivity contribution in [3.8, 4) is 0 Å². The fourth-order valence-electron chi connectivity index (χ4n) is 2.68. The van der Waals surface area contributed by atoms with Crippen LogP contribution in [0.3, 0.4) is 0 Å². The number of imidazole rings is 1. The van der Waals surface area contributed by atoms with Gasteiger partial charge in [-0.25, -0.2) is 9.78 Å². The number of aryl methyl sites for hydroxylation is 2. The van der Waals surface area contributed by atoms with E-state index in [4.69, 9.17) is 9.52 Å². The summed E-state index contributed by atoms with van der Waals surface area (Å²) in [5.74, 6) is 0.587. The molecule has 100 valence electrons. The molecule has 0 atom stereocenters. The first kappa shape index (κ1) is 12.0. The van der Waals surface area contributed by atoms with Crippen LogP contribution in [0.1, 0.15) is 46.4 Å². The molecule has 1 N–H and O–H groups in total. The maximum Gasteiger partial charge on any atom is 0.371 e. The van der Waals surface area contributed by atoms with E-state index in [1.165, 1.54) is 30.3 Å². The van der Waals surface area contributed by atoms with Crippen LogP contribution in [0.5, 0.6) is 0 Å². The highest BCUT2D eigenvalue weighted by Gasteiger charge is 2.19. The van der Waals surface area contributed by atoms with Crippen LogP contribution in [-0.4, -0.2) is 20.6 Å². The summed E-state index contributed by atoms with van der Waals surface area (Å²) in [6, 6.07) is 3.22. The Hall–Kier alpha value is -2.04. The van der Waals surface area contributed by atoms with Crippen LogP contribution in [-0.2, 0) is 19.4 Å². The molecular formula is C14H16N2O3. The maximum absolute atomic E-state index is 10.8. The number of hydrogen-bond acceptors (Lipinski definition) is 3. The Morgan fingerprint density at radius 1 is 1.42 bits per heavy atom. The van der Waals surface area contributed by atoms with Gasteiger partial charge in [0.25, 0.3) is 0 Å². The van der Waals surface area contributed by atoms with Crippen LogP contribution in [0.25, 0.3) is 0 Å². The average molecular weight is 260 g/mol. The molecule has 19 heavy (non-hydrogen) atoms. The third-order valence-electron chi connectivity index (χ3n) is 3.61. The molecule has 0 spiro atoms. The van der Waals surface area contributed by atoms with E-state index in [1.807, 2.05) is 6.92 Å². The highest BCUT2D eigenvalue weighted by Crippen LogP contribution is 2.23. The second-order valence-electron chi connectivity index (χ2n) is 4.92. The molecule has 2 heterocycles. The van der Waals surface area contributed by atoms with Crippen molar-refractivity contribution in [2.75, 3.05) is 0 Å². The van der Waals surface area contributed by atoms with Crippen LogP contribution in [0.15, 0.2) is 16.5 Å². The third kappa shape index (κ3) is 2.16. The molecule has 0 amide bonds. The molecule has 0 unspecified atom stereocenters.